The third-order valence-electron chi connectivity index (χ3n) is 4.41. The maximum absolute atomic E-state index is 11.4. The van der Waals surface area contributed by atoms with Gasteiger partial charge in [-0.1, -0.05) is 29.4 Å². The summed E-state index contributed by atoms with van der Waals surface area (Å²) >= 11 is 0. The Kier molecular flexibility index (Phi) is 3.70. The van der Waals surface area contributed by atoms with Gasteiger partial charge in [0.15, 0.2) is 0 Å². The van der Waals surface area contributed by atoms with Crippen molar-refractivity contribution in [2.75, 3.05) is 6.54 Å². The van der Waals surface area contributed by atoms with Crippen LogP contribution in [-0.4, -0.2) is 31.6 Å². The minimum atomic E-state index is -0.243. The van der Waals surface area contributed by atoms with Crippen LogP contribution in [0.2, 0.25) is 0 Å². The molecular weight excluding hydrogens is 306 g/mol. The molecule has 2 aromatic heterocycles. The number of aromatic nitrogens is 4. The van der Waals surface area contributed by atoms with Crippen LogP contribution in [0.15, 0.2) is 46.0 Å². The lowest BCUT2D eigenvalue weighted by Gasteiger charge is -2.31. The fourth-order valence-electron chi connectivity index (χ4n) is 3.00. The van der Waals surface area contributed by atoms with Crippen LogP contribution in [0.3, 0.4) is 0 Å². The van der Waals surface area contributed by atoms with E-state index in [9.17, 15) is 4.79 Å². The van der Waals surface area contributed by atoms with Gasteiger partial charge in [0.1, 0.15) is 5.69 Å². The lowest BCUT2D eigenvalue weighted by molar-refractivity contribution is 0.158. The summed E-state index contributed by atoms with van der Waals surface area (Å²) in [5, 5.41) is 3.96. The van der Waals surface area contributed by atoms with Crippen molar-refractivity contribution in [3.8, 4) is 11.5 Å². The molecular formula is C17H17N5O2. The Morgan fingerprint density at radius 3 is 2.96 bits per heavy atom. The first-order chi connectivity index (χ1) is 11.7. The predicted molar refractivity (Wildman–Crippen MR) is 87.1 cm³/mol. The van der Waals surface area contributed by atoms with Crippen molar-refractivity contribution in [1.82, 2.24) is 25.0 Å². The zero-order valence-electron chi connectivity index (χ0n) is 13.3. The molecule has 0 radical (unpaired) electrons. The van der Waals surface area contributed by atoms with Gasteiger partial charge in [0.25, 0.3) is 5.56 Å². The molecule has 0 spiro atoms. The number of rotatable bonds is 3. The smallest absolute Gasteiger partial charge is 0.251 e. The van der Waals surface area contributed by atoms with E-state index in [0.717, 1.165) is 19.5 Å². The molecule has 1 aliphatic heterocycles. The number of hydrogen-bond donors (Lipinski definition) is 1. The summed E-state index contributed by atoms with van der Waals surface area (Å²) in [4.78, 5) is 24.6. The van der Waals surface area contributed by atoms with Crippen LogP contribution in [0, 0.1) is 0 Å². The molecule has 4 rings (SSSR count). The summed E-state index contributed by atoms with van der Waals surface area (Å²) in [7, 11) is 0. The molecule has 0 saturated heterocycles. The zero-order valence-corrected chi connectivity index (χ0v) is 13.3. The molecule has 0 bridgehead atoms. The fraction of sp³-hybridized carbons (Fsp3) is 0.294. The van der Waals surface area contributed by atoms with Gasteiger partial charge < -0.3 is 9.51 Å². The zero-order chi connectivity index (χ0) is 16.5. The van der Waals surface area contributed by atoms with Gasteiger partial charge in [-0.25, -0.2) is 4.98 Å². The second-order valence-electron chi connectivity index (χ2n) is 5.92. The topological polar surface area (TPSA) is 87.9 Å². The molecule has 7 heteroatoms. The highest BCUT2D eigenvalue weighted by molar-refractivity contribution is 5.46. The average Bonchev–Trinajstić information content (AvgIpc) is 3.11. The SMILES string of the molecule is CC(c1nc(-c2cc(=O)[nH]cn2)no1)N1CCc2ccccc2C1. The minimum absolute atomic E-state index is 0.00148. The van der Waals surface area contributed by atoms with Gasteiger partial charge in [-0.05, 0) is 24.5 Å². The standard InChI is InChI=1S/C17H17N5O2/c1-11(22-7-6-12-4-2-3-5-13(12)9-22)17-20-16(21-24-17)14-8-15(23)19-10-18-14/h2-5,8,10-11H,6-7,9H2,1H3,(H,18,19,23). The molecule has 3 aromatic rings. The normalized spacial score (nSPS) is 15.9. The summed E-state index contributed by atoms with van der Waals surface area (Å²) < 4.78 is 5.41. The molecule has 122 valence electrons. The maximum atomic E-state index is 11.4. The van der Waals surface area contributed by atoms with Gasteiger partial charge in [0.05, 0.1) is 12.4 Å². The summed E-state index contributed by atoms with van der Waals surface area (Å²) in [6, 6.07) is 9.85. The van der Waals surface area contributed by atoms with Crippen molar-refractivity contribution in [2.45, 2.75) is 25.9 Å². The van der Waals surface area contributed by atoms with E-state index in [0.29, 0.717) is 17.4 Å². The Morgan fingerprint density at radius 1 is 1.29 bits per heavy atom. The molecule has 7 nitrogen and oxygen atoms in total. The highest BCUT2D eigenvalue weighted by Gasteiger charge is 2.25. The molecule has 1 unspecified atom stereocenters. The van der Waals surface area contributed by atoms with Gasteiger partial charge in [0, 0.05) is 19.2 Å². The molecule has 1 N–H and O–H groups in total. The van der Waals surface area contributed by atoms with E-state index in [1.807, 2.05) is 0 Å². The van der Waals surface area contributed by atoms with Crippen molar-refractivity contribution in [1.29, 1.82) is 0 Å². The average molecular weight is 323 g/mol. The summed E-state index contributed by atoms with van der Waals surface area (Å²) in [5.41, 5.74) is 2.91. The van der Waals surface area contributed by atoms with Crippen molar-refractivity contribution in [2.24, 2.45) is 0 Å². The van der Waals surface area contributed by atoms with Crippen LogP contribution < -0.4 is 5.56 Å². The van der Waals surface area contributed by atoms with Gasteiger partial charge in [-0.2, -0.15) is 4.98 Å². The predicted octanol–water partition coefficient (Wildman–Crippen LogP) is 1.94. The number of nitrogens with zero attached hydrogens (tertiary/aromatic N) is 4. The Labute approximate surface area is 138 Å². The third-order valence-corrected chi connectivity index (χ3v) is 4.41. The molecule has 1 atom stereocenters. The van der Waals surface area contributed by atoms with E-state index in [-0.39, 0.29) is 11.6 Å². The van der Waals surface area contributed by atoms with Gasteiger partial charge in [-0.15, -0.1) is 0 Å². The van der Waals surface area contributed by atoms with E-state index in [2.05, 4.69) is 56.2 Å². The molecule has 0 saturated carbocycles. The van der Waals surface area contributed by atoms with E-state index in [1.165, 1.54) is 23.5 Å². The summed E-state index contributed by atoms with van der Waals surface area (Å²) in [6.45, 7) is 3.86. The number of aromatic amines is 1. The number of hydrogen-bond acceptors (Lipinski definition) is 6. The Morgan fingerprint density at radius 2 is 2.12 bits per heavy atom. The lowest BCUT2D eigenvalue weighted by Crippen LogP contribution is -2.33. The summed E-state index contributed by atoms with van der Waals surface area (Å²) in [5.74, 6) is 0.867. The van der Waals surface area contributed by atoms with Crippen LogP contribution in [0.1, 0.15) is 30.0 Å². The molecule has 1 aromatic carbocycles. The highest BCUT2D eigenvalue weighted by Crippen LogP contribution is 2.27. The number of H-pyrrole nitrogens is 1. The summed E-state index contributed by atoms with van der Waals surface area (Å²) in [6.07, 6.45) is 2.34. The highest BCUT2D eigenvalue weighted by atomic mass is 16.5. The largest absolute Gasteiger partial charge is 0.337 e. The monoisotopic (exact) mass is 323 g/mol. The number of fused-ring (bicyclic) bond motifs is 1. The van der Waals surface area contributed by atoms with Crippen molar-refractivity contribution in [3.05, 3.63) is 64.0 Å². The molecule has 0 fully saturated rings. The van der Waals surface area contributed by atoms with E-state index >= 15 is 0 Å². The fourth-order valence-corrected chi connectivity index (χ4v) is 3.00. The Balaban J connectivity index is 1.56. The minimum Gasteiger partial charge on any atom is -0.337 e. The first kappa shape index (κ1) is 14.8. The maximum Gasteiger partial charge on any atom is 0.251 e. The molecule has 1 aliphatic rings. The second-order valence-corrected chi connectivity index (χ2v) is 5.92. The lowest BCUT2D eigenvalue weighted by atomic mass is 9.99. The molecule has 3 heterocycles. The second kappa shape index (κ2) is 6.01. The van der Waals surface area contributed by atoms with Crippen LogP contribution in [0.4, 0.5) is 0 Å². The number of nitrogens with one attached hydrogen (secondary N) is 1. The quantitative estimate of drug-likeness (QED) is 0.792. The van der Waals surface area contributed by atoms with E-state index < -0.39 is 0 Å². The molecule has 24 heavy (non-hydrogen) atoms. The van der Waals surface area contributed by atoms with Gasteiger partial charge in [-0.3, -0.25) is 9.69 Å². The van der Waals surface area contributed by atoms with Crippen LogP contribution in [0.25, 0.3) is 11.5 Å². The van der Waals surface area contributed by atoms with Gasteiger partial charge in [0.2, 0.25) is 11.7 Å². The first-order valence-electron chi connectivity index (χ1n) is 7.90. The third kappa shape index (κ3) is 2.74. The molecule has 0 amide bonds. The van der Waals surface area contributed by atoms with Gasteiger partial charge >= 0.3 is 0 Å². The van der Waals surface area contributed by atoms with E-state index in [4.69, 9.17) is 4.52 Å². The van der Waals surface area contributed by atoms with Crippen LogP contribution in [-0.2, 0) is 13.0 Å². The van der Waals surface area contributed by atoms with Crippen LogP contribution >= 0.6 is 0 Å². The Hall–Kier alpha value is -2.80. The molecule has 0 aliphatic carbocycles. The van der Waals surface area contributed by atoms with Crippen molar-refractivity contribution < 1.29 is 4.52 Å². The first-order valence-corrected chi connectivity index (χ1v) is 7.90. The van der Waals surface area contributed by atoms with E-state index in [1.54, 1.807) is 0 Å². The van der Waals surface area contributed by atoms with Crippen molar-refractivity contribution in [3.63, 3.8) is 0 Å². The Bertz CT molecular complexity index is 917. The number of benzene rings is 1. The van der Waals surface area contributed by atoms with Crippen LogP contribution in [0.5, 0.6) is 0 Å². The van der Waals surface area contributed by atoms with Crippen molar-refractivity contribution >= 4 is 0 Å².